The predicted octanol–water partition coefficient (Wildman–Crippen LogP) is 4.57. The van der Waals surface area contributed by atoms with Crippen LogP contribution in [0, 0.1) is 0 Å². The molecule has 0 amide bonds. The van der Waals surface area contributed by atoms with Crippen LogP contribution >= 0.6 is 11.8 Å². The summed E-state index contributed by atoms with van der Waals surface area (Å²) in [6.07, 6.45) is 5.76. The molecule has 0 saturated heterocycles. The lowest BCUT2D eigenvalue weighted by Gasteiger charge is -2.10. The van der Waals surface area contributed by atoms with E-state index >= 15 is 0 Å². The van der Waals surface area contributed by atoms with Crippen LogP contribution in [0.25, 0.3) is 0 Å². The average molecular weight is 235 g/mol. The SMILES string of the molecule is C=CCSc1ccccc1NCCCCC. The van der Waals surface area contributed by atoms with Crippen LogP contribution < -0.4 is 5.32 Å². The number of para-hydroxylation sites is 1. The zero-order chi connectivity index (χ0) is 11.6. The summed E-state index contributed by atoms with van der Waals surface area (Å²) in [6.45, 7) is 7.05. The van der Waals surface area contributed by atoms with Crippen molar-refractivity contribution in [2.45, 2.75) is 31.1 Å². The van der Waals surface area contributed by atoms with Crippen molar-refractivity contribution in [1.82, 2.24) is 0 Å². The molecule has 1 nitrogen and oxygen atoms in total. The van der Waals surface area contributed by atoms with Gasteiger partial charge in [-0.25, -0.2) is 0 Å². The molecule has 0 aliphatic carbocycles. The van der Waals surface area contributed by atoms with Gasteiger partial charge in [-0.1, -0.05) is 38.0 Å². The highest BCUT2D eigenvalue weighted by Crippen LogP contribution is 2.26. The van der Waals surface area contributed by atoms with E-state index in [1.807, 2.05) is 17.8 Å². The van der Waals surface area contributed by atoms with E-state index in [0.29, 0.717) is 0 Å². The molecule has 0 radical (unpaired) electrons. The van der Waals surface area contributed by atoms with Gasteiger partial charge in [0.05, 0.1) is 0 Å². The summed E-state index contributed by atoms with van der Waals surface area (Å²) in [6, 6.07) is 8.48. The number of hydrogen-bond acceptors (Lipinski definition) is 2. The van der Waals surface area contributed by atoms with E-state index < -0.39 is 0 Å². The lowest BCUT2D eigenvalue weighted by Crippen LogP contribution is -2.02. The third kappa shape index (κ3) is 4.75. The van der Waals surface area contributed by atoms with Crippen molar-refractivity contribution in [3.63, 3.8) is 0 Å². The van der Waals surface area contributed by atoms with Gasteiger partial charge in [0, 0.05) is 22.9 Å². The average Bonchev–Trinajstić information content (AvgIpc) is 2.33. The molecule has 1 rings (SSSR count). The molecule has 0 saturated carbocycles. The molecule has 0 spiro atoms. The van der Waals surface area contributed by atoms with Crippen LogP contribution in [0.3, 0.4) is 0 Å². The second kappa shape index (κ2) is 8.28. The van der Waals surface area contributed by atoms with Gasteiger partial charge in [-0.3, -0.25) is 0 Å². The molecule has 0 fully saturated rings. The van der Waals surface area contributed by atoms with Gasteiger partial charge < -0.3 is 5.32 Å². The quantitative estimate of drug-likeness (QED) is 0.402. The van der Waals surface area contributed by atoms with Crippen molar-refractivity contribution in [3.05, 3.63) is 36.9 Å². The summed E-state index contributed by atoms with van der Waals surface area (Å²) in [5.41, 5.74) is 1.26. The minimum Gasteiger partial charge on any atom is -0.384 e. The fourth-order valence-corrected chi connectivity index (χ4v) is 2.25. The molecule has 2 heteroatoms. The molecule has 1 aromatic rings. The minimum absolute atomic E-state index is 0.966. The zero-order valence-electron chi connectivity index (χ0n) is 10.0. The van der Waals surface area contributed by atoms with Crippen LogP contribution in [0.15, 0.2) is 41.8 Å². The Bertz CT molecular complexity index is 309. The van der Waals surface area contributed by atoms with Gasteiger partial charge in [-0.2, -0.15) is 0 Å². The monoisotopic (exact) mass is 235 g/mol. The van der Waals surface area contributed by atoms with Crippen LogP contribution in [0.2, 0.25) is 0 Å². The summed E-state index contributed by atoms with van der Waals surface area (Å²) >= 11 is 1.83. The van der Waals surface area contributed by atoms with Crippen molar-refractivity contribution in [2.24, 2.45) is 0 Å². The topological polar surface area (TPSA) is 12.0 Å². The highest BCUT2D eigenvalue weighted by atomic mass is 32.2. The van der Waals surface area contributed by atoms with E-state index in [1.165, 1.54) is 29.8 Å². The first kappa shape index (κ1) is 13.2. The molecule has 1 N–H and O–H groups in total. The van der Waals surface area contributed by atoms with Crippen LogP contribution in [0.5, 0.6) is 0 Å². The maximum Gasteiger partial charge on any atom is 0.0478 e. The fraction of sp³-hybridized carbons (Fsp3) is 0.429. The maximum absolute atomic E-state index is 3.75. The van der Waals surface area contributed by atoms with E-state index in [-0.39, 0.29) is 0 Å². The van der Waals surface area contributed by atoms with Crippen LogP contribution in [-0.2, 0) is 0 Å². The standard InChI is InChI=1S/C14H21NS/c1-3-5-8-11-15-13-9-6-7-10-14(13)16-12-4-2/h4,6-7,9-10,15H,2-3,5,8,11-12H2,1H3. The van der Waals surface area contributed by atoms with Crippen molar-refractivity contribution in [2.75, 3.05) is 17.6 Å². The first-order chi connectivity index (χ1) is 7.88. The second-order valence-corrected chi connectivity index (χ2v) is 4.79. The molecular formula is C14H21NS. The number of nitrogens with one attached hydrogen (secondary N) is 1. The molecular weight excluding hydrogens is 214 g/mol. The Kier molecular flexibility index (Phi) is 6.82. The minimum atomic E-state index is 0.966. The molecule has 0 atom stereocenters. The summed E-state index contributed by atoms with van der Waals surface area (Å²) in [7, 11) is 0. The van der Waals surface area contributed by atoms with E-state index in [4.69, 9.17) is 0 Å². The van der Waals surface area contributed by atoms with E-state index in [1.54, 1.807) is 0 Å². The van der Waals surface area contributed by atoms with Crippen LogP contribution in [-0.4, -0.2) is 12.3 Å². The van der Waals surface area contributed by atoms with E-state index in [9.17, 15) is 0 Å². The van der Waals surface area contributed by atoms with Crippen molar-refractivity contribution >= 4 is 17.4 Å². The van der Waals surface area contributed by atoms with Gasteiger partial charge in [-0.05, 0) is 18.6 Å². The van der Waals surface area contributed by atoms with Crippen molar-refractivity contribution < 1.29 is 0 Å². The third-order valence-electron chi connectivity index (χ3n) is 2.34. The first-order valence-corrected chi connectivity index (χ1v) is 6.93. The number of unbranched alkanes of at least 4 members (excludes halogenated alkanes) is 2. The second-order valence-electron chi connectivity index (χ2n) is 3.73. The van der Waals surface area contributed by atoms with Gasteiger partial charge in [-0.15, -0.1) is 18.3 Å². The Balaban J connectivity index is 2.46. The van der Waals surface area contributed by atoms with Gasteiger partial charge in [0.1, 0.15) is 0 Å². The Hall–Kier alpha value is -0.890. The van der Waals surface area contributed by atoms with Crippen LogP contribution in [0.4, 0.5) is 5.69 Å². The third-order valence-corrected chi connectivity index (χ3v) is 3.41. The fourth-order valence-electron chi connectivity index (χ4n) is 1.49. The van der Waals surface area contributed by atoms with E-state index in [0.717, 1.165) is 12.3 Å². The zero-order valence-corrected chi connectivity index (χ0v) is 10.9. The number of rotatable bonds is 8. The van der Waals surface area contributed by atoms with Gasteiger partial charge in [0.25, 0.3) is 0 Å². The summed E-state index contributed by atoms with van der Waals surface area (Å²) < 4.78 is 0. The van der Waals surface area contributed by atoms with Crippen molar-refractivity contribution in [1.29, 1.82) is 0 Å². The molecule has 0 bridgehead atoms. The predicted molar refractivity (Wildman–Crippen MR) is 75.4 cm³/mol. The van der Waals surface area contributed by atoms with Gasteiger partial charge in [0.15, 0.2) is 0 Å². The van der Waals surface area contributed by atoms with Crippen LogP contribution in [0.1, 0.15) is 26.2 Å². The normalized spacial score (nSPS) is 10.1. The highest BCUT2D eigenvalue weighted by Gasteiger charge is 1.99. The number of thioether (sulfide) groups is 1. The maximum atomic E-state index is 3.75. The molecule has 0 aliphatic heterocycles. The molecule has 0 heterocycles. The molecule has 0 aromatic heterocycles. The number of hydrogen-bond donors (Lipinski definition) is 1. The number of anilines is 1. The Labute approximate surface area is 103 Å². The molecule has 88 valence electrons. The first-order valence-electron chi connectivity index (χ1n) is 5.95. The Morgan fingerprint density at radius 1 is 1.31 bits per heavy atom. The smallest absolute Gasteiger partial charge is 0.0478 e. The lowest BCUT2D eigenvalue weighted by molar-refractivity contribution is 0.743. The molecule has 1 aromatic carbocycles. The lowest BCUT2D eigenvalue weighted by atomic mass is 10.2. The van der Waals surface area contributed by atoms with Gasteiger partial charge in [0.2, 0.25) is 0 Å². The Morgan fingerprint density at radius 3 is 2.88 bits per heavy atom. The Morgan fingerprint density at radius 2 is 2.12 bits per heavy atom. The summed E-state index contributed by atoms with van der Waals surface area (Å²) in [4.78, 5) is 1.32. The van der Waals surface area contributed by atoms with E-state index in [2.05, 4.69) is 43.1 Å². The van der Waals surface area contributed by atoms with Crippen molar-refractivity contribution in [3.8, 4) is 0 Å². The molecule has 16 heavy (non-hydrogen) atoms. The van der Waals surface area contributed by atoms with Gasteiger partial charge >= 0.3 is 0 Å². The summed E-state index contributed by atoms with van der Waals surface area (Å²) in [5.74, 6) is 0.966. The molecule has 0 aliphatic rings. The largest absolute Gasteiger partial charge is 0.384 e. The molecule has 0 unspecified atom stereocenters. The number of benzene rings is 1. The summed E-state index contributed by atoms with van der Waals surface area (Å²) in [5, 5.41) is 3.50. The highest BCUT2D eigenvalue weighted by molar-refractivity contribution is 7.99.